The van der Waals surface area contributed by atoms with Crippen LogP contribution in [0.4, 0.5) is 5.82 Å². The molecule has 126 valence electrons. The lowest BCUT2D eigenvalue weighted by Gasteiger charge is -2.33. The molecule has 0 spiro atoms. The molecule has 1 amide bonds. The molecule has 2 aromatic heterocycles. The van der Waals surface area contributed by atoms with Gasteiger partial charge >= 0.3 is 0 Å². The fourth-order valence-corrected chi connectivity index (χ4v) is 3.75. The highest BCUT2D eigenvalue weighted by molar-refractivity contribution is 5.79. The third-order valence-electron chi connectivity index (χ3n) is 5.14. The zero-order chi connectivity index (χ0) is 16.5. The molecule has 2 aliphatic heterocycles. The molecule has 0 atom stereocenters. The number of fused-ring (bicyclic) bond motifs is 1. The maximum absolute atomic E-state index is 12.5. The third-order valence-corrected chi connectivity index (χ3v) is 5.14. The van der Waals surface area contributed by atoms with Crippen molar-refractivity contribution >= 4 is 17.4 Å². The molecule has 4 heterocycles. The molecule has 6 nitrogen and oxygen atoms in total. The average molecular weight is 326 g/mol. The Kier molecular flexibility index (Phi) is 3.96. The highest BCUT2D eigenvalue weighted by Gasteiger charge is 2.30. The van der Waals surface area contributed by atoms with E-state index in [0.717, 1.165) is 57.7 Å². The number of hydrogen-bond donors (Lipinski definition) is 0. The first kappa shape index (κ1) is 15.2. The van der Waals surface area contributed by atoms with Crippen molar-refractivity contribution in [3.8, 4) is 0 Å². The average Bonchev–Trinajstić information content (AvgIpc) is 3.16. The van der Waals surface area contributed by atoms with Crippen LogP contribution >= 0.6 is 0 Å². The second-order valence-electron chi connectivity index (χ2n) is 6.68. The Morgan fingerprint density at radius 3 is 2.58 bits per heavy atom. The molecule has 0 aromatic carbocycles. The van der Waals surface area contributed by atoms with Crippen LogP contribution in [-0.2, 0) is 4.79 Å². The summed E-state index contributed by atoms with van der Waals surface area (Å²) in [5, 5.41) is 0. The topological polar surface area (TPSA) is 57.9 Å². The quantitative estimate of drug-likeness (QED) is 0.840. The van der Waals surface area contributed by atoms with Gasteiger partial charge in [-0.2, -0.15) is 0 Å². The molecule has 0 bridgehead atoms. The van der Waals surface area contributed by atoms with Gasteiger partial charge in [-0.05, 0) is 37.8 Å². The number of nitrogens with zero attached hydrogens (tertiary/aromatic N) is 4. The van der Waals surface area contributed by atoms with Crippen molar-refractivity contribution in [2.24, 2.45) is 5.92 Å². The van der Waals surface area contributed by atoms with Crippen molar-refractivity contribution in [1.82, 2.24) is 14.3 Å². The van der Waals surface area contributed by atoms with Crippen molar-refractivity contribution in [1.29, 1.82) is 0 Å². The van der Waals surface area contributed by atoms with E-state index >= 15 is 0 Å². The summed E-state index contributed by atoms with van der Waals surface area (Å²) in [6.07, 6.45) is 5.68. The van der Waals surface area contributed by atoms with Crippen LogP contribution in [-0.4, -0.2) is 46.4 Å². The first-order valence-corrected chi connectivity index (χ1v) is 8.74. The minimum Gasteiger partial charge on any atom is -0.356 e. The Morgan fingerprint density at radius 1 is 1.08 bits per heavy atom. The van der Waals surface area contributed by atoms with Gasteiger partial charge < -0.3 is 9.80 Å². The molecule has 4 rings (SSSR count). The highest BCUT2D eigenvalue weighted by Crippen LogP contribution is 2.24. The van der Waals surface area contributed by atoms with Crippen LogP contribution in [0.1, 0.15) is 25.7 Å². The number of aromatic nitrogens is 2. The molecule has 2 aliphatic rings. The van der Waals surface area contributed by atoms with E-state index in [2.05, 4.69) is 9.88 Å². The van der Waals surface area contributed by atoms with Gasteiger partial charge in [-0.25, -0.2) is 4.98 Å². The summed E-state index contributed by atoms with van der Waals surface area (Å²) in [4.78, 5) is 33.5. The van der Waals surface area contributed by atoms with Gasteiger partial charge in [-0.3, -0.25) is 14.0 Å². The fraction of sp³-hybridized carbons (Fsp3) is 0.500. The first-order valence-electron chi connectivity index (χ1n) is 8.74. The van der Waals surface area contributed by atoms with Gasteiger partial charge in [0.15, 0.2) is 0 Å². The zero-order valence-electron chi connectivity index (χ0n) is 13.7. The normalized spacial score (nSPS) is 19.2. The van der Waals surface area contributed by atoms with Crippen molar-refractivity contribution in [2.45, 2.75) is 25.7 Å². The van der Waals surface area contributed by atoms with Crippen LogP contribution in [0.2, 0.25) is 0 Å². The minimum atomic E-state index is -0.0640. The van der Waals surface area contributed by atoms with E-state index in [0.29, 0.717) is 11.6 Å². The molecule has 0 N–H and O–H groups in total. The Bertz CT molecular complexity index is 802. The third kappa shape index (κ3) is 2.77. The van der Waals surface area contributed by atoms with E-state index in [1.807, 2.05) is 23.1 Å². The van der Waals surface area contributed by atoms with Gasteiger partial charge in [0.05, 0.1) is 0 Å². The molecule has 0 saturated carbocycles. The van der Waals surface area contributed by atoms with E-state index in [9.17, 15) is 9.59 Å². The number of anilines is 1. The van der Waals surface area contributed by atoms with E-state index < -0.39 is 0 Å². The number of amides is 1. The Balaban J connectivity index is 1.48. The molecular formula is C18H22N4O2. The van der Waals surface area contributed by atoms with E-state index in [1.165, 1.54) is 0 Å². The predicted molar refractivity (Wildman–Crippen MR) is 92.2 cm³/mol. The largest absolute Gasteiger partial charge is 0.356 e. The van der Waals surface area contributed by atoms with Crippen molar-refractivity contribution in [2.75, 3.05) is 31.1 Å². The predicted octanol–water partition coefficient (Wildman–Crippen LogP) is 1.53. The van der Waals surface area contributed by atoms with Crippen LogP contribution in [0, 0.1) is 5.92 Å². The Labute approximate surface area is 140 Å². The summed E-state index contributed by atoms with van der Waals surface area (Å²) in [5.41, 5.74) is 0.598. The maximum Gasteiger partial charge on any atom is 0.259 e. The van der Waals surface area contributed by atoms with Crippen LogP contribution in [0.15, 0.2) is 35.3 Å². The van der Waals surface area contributed by atoms with Gasteiger partial charge in [-0.15, -0.1) is 0 Å². The maximum atomic E-state index is 12.5. The monoisotopic (exact) mass is 326 g/mol. The molecule has 24 heavy (non-hydrogen) atoms. The number of piperidine rings is 1. The summed E-state index contributed by atoms with van der Waals surface area (Å²) in [7, 11) is 0. The molecule has 2 saturated heterocycles. The summed E-state index contributed by atoms with van der Waals surface area (Å²) >= 11 is 0. The summed E-state index contributed by atoms with van der Waals surface area (Å²) in [6.45, 7) is 3.39. The van der Waals surface area contributed by atoms with Crippen LogP contribution < -0.4 is 10.5 Å². The van der Waals surface area contributed by atoms with Gasteiger partial charge in [-0.1, -0.05) is 6.07 Å². The Hall–Kier alpha value is -2.37. The highest BCUT2D eigenvalue weighted by atomic mass is 16.2. The second-order valence-corrected chi connectivity index (χ2v) is 6.68. The SMILES string of the molecule is O=C(C1CCN(c2cc(=O)n3ccccc3n2)CC1)N1CCCC1. The first-order chi connectivity index (χ1) is 11.7. The second kappa shape index (κ2) is 6.26. The van der Waals surface area contributed by atoms with Crippen molar-refractivity contribution < 1.29 is 4.79 Å². The summed E-state index contributed by atoms with van der Waals surface area (Å²) < 4.78 is 1.55. The summed E-state index contributed by atoms with van der Waals surface area (Å²) in [6, 6.07) is 7.14. The van der Waals surface area contributed by atoms with Crippen LogP contribution in [0.5, 0.6) is 0 Å². The smallest absolute Gasteiger partial charge is 0.259 e. The van der Waals surface area contributed by atoms with Gasteiger partial charge in [0, 0.05) is 44.4 Å². The zero-order valence-corrected chi connectivity index (χ0v) is 13.7. The number of hydrogen-bond acceptors (Lipinski definition) is 4. The molecule has 6 heteroatoms. The van der Waals surface area contributed by atoms with Gasteiger partial charge in [0.1, 0.15) is 11.5 Å². The fourth-order valence-electron chi connectivity index (χ4n) is 3.75. The van der Waals surface area contributed by atoms with Crippen molar-refractivity contribution in [3.05, 3.63) is 40.8 Å². The number of carbonyl (C=O) groups is 1. The van der Waals surface area contributed by atoms with E-state index in [-0.39, 0.29) is 11.5 Å². The van der Waals surface area contributed by atoms with Crippen LogP contribution in [0.25, 0.3) is 5.65 Å². The number of likely N-dealkylation sites (tertiary alicyclic amines) is 1. The van der Waals surface area contributed by atoms with E-state index in [1.54, 1.807) is 16.7 Å². The molecule has 2 fully saturated rings. The lowest BCUT2D eigenvalue weighted by atomic mass is 9.95. The molecule has 0 unspecified atom stereocenters. The van der Waals surface area contributed by atoms with Gasteiger partial charge in [0.25, 0.3) is 5.56 Å². The lowest BCUT2D eigenvalue weighted by Crippen LogP contribution is -2.42. The van der Waals surface area contributed by atoms with E-state index in [4.69, 9.17) is 0 Å². The standard InChI is InChI=1S/C18H22N4O2/c23-17-13-16(19-15-5-1-2-10-22(15)17)20-11-6-14(7-12-20)18(24)21-8-3-4-9-21/h1-2,5,10,13-14H,3-4,6-9,11-12H2. The van der Waals surface area contributed by atoms with Crippen molar-refractivity contribution in [3.63, 3.8) is 0 Å². The molecule has 2 aromatic rings. The van der Waals surface area contributed by atoms with Gasteiger partial charge in [0.2, 0.25) is 5.91 Å². The number of rotatable bonds is 2. The van der Waals surface area contributed by atoms with Crippen LogP contribution in [0.3, 0.4) is 0 Å². The number of pyridine rings is 1. The Morgan fingerprint density at radius 2 is 1.83 bits per heavy atom. The molecular weight excluding hydrogens is 304 g/mol. The molecule has 0 aliphatic carbocycles. The summed E-state index contributed by atoms with van der Waals surface area (Å²) in [5.74, 6) is 1.16. The molecule has 0 radical (unpaired) electrons. The lowest BCUT2D eigenvalue weighted by molar-refractivity contribution is -0.135. The number of carbonyl (C=O) groups excluding carboxylic acids is 1. The minimum absolute atomic E-state index is 0.0640.